The molecule has 0 saturated carbocycles. The minimum absolute atomic E-state index is 0.0711. The van der Waals surface area contributed by atoms with Gasteiger partial charge in [-0.1, -0.05) is 41.6 Å². The van der Waals surface area contributed by atoms with Crippen molar-refractivity contribution in [3.8, 4) is 0 Å². The number of amides is 1. The van der Waals surface area contributed by atoms with Crippen LogP contribution >= 0.6 is 11.8 Å². The molecule has 1 aromatic carbocycles. The van der Waals surface area contributed by atoms with E-state index < -0.39 is 0 Å². The summed E-state index contributed by atoms with van der Waals surface area (Å²) in [6, 6.07) is 7.95. The predicted molar refractivity (Wildman–Crippen MR) is 104 cm³/mol. The largest absolute Gasteiger partial charge is 0.355 e. The third-order valence-electron chi connectivity index (χ3n) is 4.47. The molecule has 0 radical (unpaired) electrons. The van der Waals surface area contributed by atoms with Gasteiger partial charge in [-0.3, -0.25) is 4.79 Å². The molecule has 0 bridgehead atoms. The van der Waals surface area contributed by atoms with Crippen LogP contribution in [-0.2, 0) is 4.79 Å². The lowest BCUT2D eigenvalue weighted by Crippen LogP contribution is -2.32. The van der Waals surface area contributed by atoms with Crippen molar-refractivity contribution in [2.45, 2.75) is 56.2 Å². The van der Waals surface area contributed by atoms with Crippen LogP contribution in [0.1, 0.15) is 44.9 Å². The summed E-state index contributed by atoms with van der Waals surface area (Å²) in [5.74, 6) is 0.805. The zero-order chi connectivity index (χ0) is 17.6. The summed E-state index contributed by atoms with van der Waals surface area (Å²) in [5.41, 5.74) is 2.42. The molecule has 0 spiro atoms. The number of hydrogen-bond acceptors (Lipinski definition) is 4. The Balaban J connectivity index is 1.59. The summed E-state index contributed by atoms with van der Waals surface area (Å²) in [7, 11) is 0. The van der Waals surface area contributed by atoms with E-state index in [2.05, 4.69) is 21.4 Å². The van der Waals surface area contributed by atoms with Crippen molar-refractivity contribution in [2.75, 3.05) is 6.54 Å². The summed E-state index contributed by atoms with van der Waals surface area (Å²) in [5, 5.41) is 4.77. The number of carbonyl (C=O) groups excluding carboxylic acids is 1. The lowest BCUT2D eigenvalue weighted by atomic mass is 9.97. The molecule has 3 rings (SSSR count). The first kappa shape index (κ1) is 17.9. The summed E-state index contributed by atoms with van der Waals surface area (Å²) in [4.78, 5) is 21.4. The molecule has 1 heterocycles. The number of rotatable bonds is 6. The Kier molecular flexibility index (Phi) is 6.08. The van der Waals surface area contributed by atoms with E-state index in [-0.39, 0.29) is 11.2 Å². The van der Waals surface area contributed by atoms with Crippen LogP contribution in [0.4, 0.5) is 0 Å². The molecule has 0 saturated heterocycles. The zero-order valence-electron chi connectivity index (χ0n) is 14.9. The molecular formula is C20H25N3OS. The average molecular weight is 356 g/mol. The molecule has 1 aliphatic carbocycles. The maximum Gasteiger partial charge on any atom is 0.233 e. The van der Waals surface area contributed by atoms with Crippen molar-refractivity contribution in [1.29, 1.82) is 0 Å². The van der Waals surface area contributed by atoms with E-state index in [9.17, 15) is 4.79 Å². The van der Waals surface area contributed by atoms with Crippen molar-refractivity contribution >= 4 is 28.6 Å². The molecule has 4 nitrogen and oxygen atoms in total. The number of para-hydroxylation sites is 1. The predicted octanol–water partition coefficient (Wildman–Crippen LogP) is 4.43. The number of benzene rings is 1. The monoisotopic (exact) mass is 355 g/mol. The molecule has 5 heteroatoms. The lowest BCUT2D eigenvalue weighted by Gasteiger charge is -2.15. The second-order valence-corrected chi connectivity index (χ2v) is 7.83. The van der Waals surface area contributed by atoms with E-state index in [4.69, 9.17) is 0 Å². The van der Waals surface area contributed by atoms with Gasteiger partial charge in [-0.25, -0.2) is 9.97 Å². The van der Waals surface area contributed by atoms with Crippen molar-refractivity contribution in [3.63, 3.8) is 0 Å². The van der Waals surface area contributed by atoms with Gasteiger partial charge >= 0.3 is 0 Å². The van der Waals surface area contributed by atoms with Crippen LogP contribution < -0.4 is 5.32 Å². The van der Waals surface area contributed by atoms with Gasteiger partial charge in [0.05, 0.1) is 10.8 Å². The van der Waals surface area contributed by atoms with Crippen LogP contribution in [0.25, 0.3) is 10.9 Å². The van der Waals surface area contributed by atoms with Crippen LogP contribution in [0.2, 0.25) is 0 Å². The van der Waals surface area contributed by atoms with Gasteiger partial charge < -0.3 is 5.32 Å². The number of carbonyl (C=O) groups is 1. The molecule has 1 N–H and O–H groups in total. The summed E-state index contributed by atoms with van der Waals surface area (Å²) >= 11 is 1.50. The lowest BCUT2D eigenvalue weighted by molar-refractivity contribution is -0.120. The molecule has 1 atom stereocenters. The van der Waals surface area contributed by atoms with Crippen LogP contribution in [0.15, 0.2) is 40.9 Å². The quantitative estimate of drug-likeness (QED) is 0.473. The smallest absolute Gasteiger partial charge is 0.233 e. The number of fused-ring (bicyclic) bond motifs is 1. The molecule has 1 aromatic heterocycles. The van der Waals surface area contributed by atoms with Gasteiger partial charge in [0.15, 0.2) is 0 Å². The standard InChI is InChI=1S/C20H25N3OS/c1-14(19(24)21-13-12-16-8-4-3-5-9-16)25-20-17-10-6-7-11-18(17)22-15(2)23-20/h6-8,10-11,14H,3-5,9,12-13H2,1-2H3,(H,21,24). The van der Waals surface area contributed by atoms with E-state index in [1.165, 1.54) is 43.0 Å². The van der Waals surface area contributed by atoms with E-state index in [1.54, 1.807) is 0 Å². The first-order chi connectivity index (χ1) is 12.1. The molecular weight excluding hydrogens is 330 g/mol. The second kappa shape index (κ2) is 8.48. The fourth-order valence-electron chi connectivity index (χ4n) is 3.09. The van der Waals surface area contributed by atoms with Crippen LogP contribution in [0.5, 0.6) is 0 Å². The molecule has 132 valence electrons. The van der Waals surface area contributed by atoms with Crippen LogP contribution in [-0.4, -0.2) is 27.7 Å². The molecule has 2 aromatic rings. The van der Waals surface area contributed by atoms with Gasteiger partial charge in [-0.05, 0) is 52.0 Å². The number of hydrogen-bond donors (Lipinski definition) is 1. The van der Waals surface area contributed by atoms with Gasteiger partial charge in [0.2, 0.25) is 5.91 Å². The fraction of sp³-hybridized carbons (Fsp3) is 0.450. The van der Waals surface area contributed by atoms with Gasteiger partial charge in [-0.15, -0.1) is 0 Å². The second-order valence-electron chi connectivity index (χ2n) is 6.50. The average Bonchev–Trinajstić information content (AvgIpc) is 2.62. The number of aromatic nitrogens is 2. The third-order valence-corrected chi connectivity index (χ3v) is 5.57. The van der Waals surface area contributed by atoms with E-state index >= 15 is 0 Å². The van der Waals surface area contributed by atoms with Gasteiger partial charge in [-0.2, -0.15) is 0 Å². The molecule has 1 aliphatic rings. The Bertz CT molecular complexity index is 788. The Morgan fingerprint density at radius 2 is 2.12 bits per heavy atom. The van der Waals surface area contributed by atoms with Crippen molar-refractivity contribution < 1.29 is 4.79 Å². The highest BCUT2D eigenvalue weighted by molar-refractivity contribution is 8.00. The third kappa shape index (κ3) is 4.82. The highest BCUT2D eigenvalue weighted by Gasteiger charge is 2.17. The van der Waals surface area contributed by atoms with Gasteiger partial charge in [0.1, 0.15) is 10.9 Å². The van der Waals surface area contributed by atoms with E-state index in [1.807, 2.05) is 38.1 Å². The highest BCUT2D eigenvalue weighted by atomic mass is 32.2. The number of thioether (sulfide) groups is 1. The van der Waals surface area contributed by atoms with Crippen molar-refractivity contribution in [2.24, 2.45) is 0 Å². The summed E-state index contributed by atoms with van der Waals surface area (Å²) in [6.45, 7) is 4.55. The maximum atomic E-state index is 12.4. The molecule has 0 aliphatic heterocycles. The van der Waals surface area contributed by atoms with Crippen molar-refractivity contribution in [1.82, 2.24) is 15.3 Å². The topological polar surface area (TPSA) is 54.9 Å². The number of nitrogens with one attached hydrogen (secondary N) is 1. The SMILES string of the molecule is Cc1nc(SC(C)C(=O)NCCC2=CCCCC2)c2ccccc2n1. The van der Waals surface area contributed by atoms with E-state index in [0.717, 1.165) is 34.7 Å². The Morgan fingerprint density at radius 1 is 1.28 bits per heavy atom. The normalized spacial score (nSPS) is 15.7. The fourth-order valence-corrected chi connectivity index (χ4v) is 4.10. The molecule has 1 amide bonds. The number of allylic oxidation sites excluding steroid dienone is 1. The Morgan fingerprint density at radius 3 is 2.92 bits per heavy atom. The zero-order valence-corrected chi connectivity index (χ0v) is 15.7. The number of aryl methyl sites for hydroxylation is 1. The van der Waals surface area contributed by atoms with Gasteiger partial charge in [0, 0.05) is 11.9 Å². The van der Waals surface area contributed by atoms with Crippen LogP contribution in [0, 0.1) is 6.92 Å². The molecule has 25 heavy (non-hydrogen) atoms. The minimum atomic E-state index is -0.182. The van der Waals surface area contributed by atoms with Gasteiger partial charge in [0.25, 0.3) is 0 Å². The van der Waals surface area contributed by atoms with E-state index in [0.29, 0.717) is 0 Å². The summed E-state index contributed by atoms with van der Waals surface area (Å²) < 4.78 is 0. The minimum Gasteiger partial charge on any atom is -0.355 e. The number of nitrogens with zero attached hydrogens (tertiary/aromatic N) is 2. The Labute approximate surface area is 153 Å². The van der Waals surface area contributed by atoms with Crippen LogP contribution in [0.3, 0.4) is 0 Å². The molecule has 1 unspecified atom stereocenters. The summed E-state index contributed by atoms with van der Waals surface area (Å²) in [6.07, 6.45) is 8.27. The maximum absolute atomic E-state index is 12.4. The molecule has 0 fully saturated rings. The highest BCUT2D eigenvalue weighted by Crippen LogP contribution is 2.28. The first-order valence-corrected chi connectivity index (χ1v) is 9.87. The van der Waals surface area contributed by atoms with Crippen molar-refractivity contribution in [3.05, 3.63) is 41.7 Å². The Hall–Kier alpha value is -1.88. The first-order valence-electron chi connectivity index (χ1n) is 8.99.